The lowest BCUT2D eigenvalue weighted by molar-refractivity contribution is 0.269. The Morgan fingerprint density at radius 1 is 1.00 bits per heavy atom. The summed E-state index contributed by atoms with van der Waals surface area (Å²) in [6.45, 7) is 7.25. The Labute approximate surface area is 179 Å². The molecule has 1 aliphatic rings. The molecule has 1 saturated heterocycles. The number of aryl methyl sites for hydroxylation is 1. The molecule has 1 aliphatic heterocycles. The molecule has 31 heavy (non-hydrogen) atoms. The first-order valence-electron chi connectivity index (χ1n) is 10.7. The molecule has 5 rings (SSSR count). The Bertz CT molecular complexity index is 1370. The molecule has 0 unspecified atom stereocenters. The highest BCUT2D eigenvalue weighted by Crippen LogP contribution is 2.25. The van der Waals surface area contributed by atoms with Crippen molar-refractivity contribution in [3.8, 4) is 0 Å². The van der Waals surface area contributed by atoms with Crippen LogP contribution in [0.5, 0.6) is 0 Å². The summed E-state index contributed by atoms with van der Waals surface area (Å²) in [5.74, 6) is 0.741. The van der Waals surface area contributed by atoms with E-state index in [0.29, 0.717) is 17.7 Å². The van der Waals surface area contributed by atoms with E-state index in [9.17, 15) is 9.59 Å². The van der Waals surface area contributed by atoms with Gasteiger partial charge in [-0.25, -0.2) is 4.79 Å². The Morgan fingerprint density at radius 2 is 1.74 bits per heavy atom. The van der Waals surface area contributed by atoms with Crippen molar-refractivity contribution in [2.75, 3.05) is 37.6 Å². The molecule has 4 aromatic rings. The Hall–Kier alpha value is -3.39. The van der Waals surface area contributed by atoms with Gasteiger partial charge >= 0.3 is 5.69 Å². The van der Waals surface area contributed by atoms with Crippen LogP contribution in [0.4, 0.5) is 5.95 Å². The summed E-state index contributed by atoms with van der Waals surface area (Å²) >= 11 is 0. The molecule has 0 bridgehead atoms. The number of rotatable bonds is 4. The first kappa shape index (κ1) is 19.6. The fourth-order valence-electron chi connectivity index (χ4n) is 4.48. The van der Waals surface area contributed by atoms with E-state index < -0.39 is 11.2 Å². The third-order valence-electron chi connectivity index (χ3n) is 6.30. The fraction of sp³-hybridized carbons (Fsp3) is 0.348. The lowest BCUT2D eigenvalue weighted by Crippen LogP contribution is -2.47. The van der Waals surface area contributed by atoms with E-state index in [2.05, 4.69) is 46.0 Å². The number of nitrogens with one attached hydrogen (secondary N) is 1. The van der Waals surface area contributed by atoms with Crippen molar-refractivity contribution >= 4 is 27.9 Å². The number of aromatic nitrogens is 4. The van der Waals surface area contributed by atoms with Crippen LogP contribution in [0.2, 0.25) is 0 Å². The standard InChI is InChI=1S/C23H26N6O2/c1-3-27-11-13-28(14-12-27)22-24-20-19(21(30)25-23(31)26(20)2)29(22)15-17-9-6-8-16-7-4-5-10-18(16)17/h4-10H,3,11-15H2,1-2H3,(H,25,30,31). The van der Waals surface area contributed by atoms with Crippen molar-refractivity contribution in [3.63, 3.8) is 0 Å². The molecule has 0 radical (unpaired) electrons. The molecule has 3 heterocycles. The summed E-state index contributed by atoms with van der Waals surface area (Å²) in [5, 5.41) is 2.30. The van der Waals surface area contributed by atoms with Crippen molar-refractivity contribution in [2.24, 2.45) is 7.05 Å². The predicted octanol–water partition coefficient (Wildman–Crippen LogP) is 1.77. The summed E-state index contributed by atoms with van der Waals surface area (Å²) in [5.41, 5.74) is 1.11. The number of H-pyrrole nitrogens is 1. The first-order chi connectivity index (χ1) is 15.1. The van der Waals surface area contributed by atoms with Crippen LogP contribution in [0.3, 0.4) is 0 Å². The maximum absolute atomic E-state index is 12.9. The monoisotopic (exact) mass is 418 g/mol. The van der Waals surface area contributed by atoms with Crippen molar-refractivity contribution in [2.45, 2.75) is 13.5 Å². The number of benzene rings is 2. The zero-order valence-corrected chi connectivity index (χ0v) is 17.8. The number of hydrogen-bond donors (Lipinski definition) is 1. The SMILES string of the molecule is CCN1CCN(c2nc3c(c(=O)[nH]c(=O)n3C)n2Cc2cccc3ccccc23)CC1. The van der Waals surface area contributed by atoms with E-state index in [0.717, 1.165) is 55.0 Å². The first-order valence-corrected chi connectivity index (χ1v) is 10.7. The zero-order chi connectivity index (χ0) is 21.5. The van der Waals surface area contributed by atoms with Gasteiger partial charge in [0, 0.05) is 33.2 Å². The Balaban J connectivity index is 1.69. The van der Waals surface area contributed by atoms with Gasteiger partial charge in [0.2, 0.25) is 5.95 Å². The second-order valence-corrected chi connectivity index (χ2v) is 8.05. The summed E-state index contributed by atoms with van der Waals surface area (Å²) < 4.78 is 3.39. The van der Waals surface area contributed by atoms with E-state index >= 15 is 0 Å². The molecule has 0 aliphatic carbocycles. The van der Waals surface area contributed by atoms with Gasteiger partial charge < -0.3 is 9.80 Å². The highest BCUT2D eigenvalue weighted by Gasteiger charge is 2.24. The highest BCUT2D eigenvalue weighted by atomic mass is 16.2. The number of piperazine rings is 1. The zero-order valence-electron chi connectivity index (χ0n) is 17.8. The van der Waals surface area contributed by atoms with Gasteiger partial charge in [-0.2, -0.15) is 4.98 Å². The lowest BCUT2D eigenvalue weighted by atomic mass is 10.0. The van der Waals surface area contributed by atoms with Crippen molar-refractivity contribution in [1.29, 1.82) is 0 Å². The molecule has 2 aromatic carbocycles. The fourth-order valence-corrected chi connectivity index (χ4v) is 4.48. The summed E-state index contributed by atoms with van der Waals surface area (Å²) in [6.07, 6.45) is 0. The number of anilines is 1. The van der Waals surface area contributed by atoms with Gasteiger partial charge in [0.05, 0.1) is 6.54 Å². The number of aromatic amines is 1. The van der Waals surface area contributed by atoms with Gasteiger partial charge in [-0.1, -0.05) is 49.4 Å². The smallest absolute Gasteiger partial charge is 0.329 e. The molecular weight excluding hydrogens is 392 g/mol. The van der Waals surface area contributed by atoms with Crippen molar-refractivity contribution in [3.05, 3.63) is 68.9 Å². The van der Waals surface area contributed by atoms with Crippen LogP contribution in [0.25, 0.3) is 21.9 Å². The maximum Gasteiger partial charge on any atom is 0.329 e. The second-order valence-electron chi connectivity index (χ2n) is 8.05. The molecule has 8 heteroatoms. The molecular formula is C23H26N6O2. The predicted molar refractivity (Wildman–Crippen MR) is 123 cm³/mol. The molecule has 8 nitrogen and oxygen atoms in total. The van der Waals surface area contributed by atoms with Crippen LogP contribution in [-0.4, -0.2) is 56.7 Å². The quantitative estimate of drug-likeness (QED) is 0.546. The second kappa shape index (κ2) is 7.70. The molecule has 0 amide bonds. The maximum atomic E-state index is 12.9. The summed E-state index contributed by atoms with van der Waals surface area (Å²) in [6, 6.07) is 14.5. The van der Waals surface area contributed by atoms with Crippen LogP contribution < -0.4 is 16.1 Å². The Morgan fingerprint density at radius 3 is 2.52 bits per heavy atom. The lowest BCUT2D eigenvalue weighted by Gasteiger charge is -2.34. The molecule has 0 spiro atoms. The minimum atomic E-state index is -0.449. The molecule has 0 atom stereocenters. The number of nitrogens with zero attached hydrogens (tertiary/aromatic N) is 5. The molecule has 160 valence electrons. The average Bonchev–Trinajstić information content (AvgIpc) is 3.18. The van der Waals surface area contributed by atoms with Crippen molar-refractivity contribution < 1.29 is 0 Å². The van der Waals surface area contributed by atoms with Crippen molar-refractivity contribution in [1.82, 2.24) is 24.0 Å². The van der Waals surface area contributed by atoms with Crippen LogP contribution in [0.1, 0.15) is 12.5 Å². The summed E-state index contributed by atoms with van der Waals surface area (Å²) in [7, 11) is 1.65. The topological polar surface area (TPSA) is 79.2 Å². The normalized spacial score (nSPS) is 15.2. The van der Waals surface area contributed by atoms with Crippen LogP contribution in [0.15, 0.2) is 52.1 Å². The Kier molecular flexibility index (Phi) is 4.86. The van der Waals surface area contributed by atoms with Gasteiger partial charge in [0.15, 0.2) is 11.2 Å². The minimum absolute atomic E-state index is 0.399. The number of likely N-dealkylation sites (N-methyl/N-ethyl adjacent to an activating group) is 1. The van der Waals surface area contributed by atoms with Crippen LogP contribution >= 0.6 is 0 Å². The molecule has 0 saturated carbocycles. The van der Waals surface area contributed by atoms with Crippen LogP contribution in [0, 0.1) is 0 Å². The van der Waals surface area contributed by atoms with E-state index in [1.165, 1.54) is 4.57 Å². The van der Waals surface area contributed by atoms with E-state index in [1.54, 1.807) is 7.05 Å². The van der Waals surface area contributed by atoms with Crippen LogP contribution in [-0.2, 0) is 13.6 Å². The third kappa shape index (κ3) is 3.33. The van der Waals surface area contributed by atoms with E-state index in [-0.39, 0.29) is 0 Å². The van der Waals surface area contributed by atoms with Gasteiger partial charge in [0.1, 0.15) is 0 Å². The third-order valence-corrected chi connectivity index (χ3v) is 6.30. The number of imidazole rings is 1. The minimum Gasteiger partial charge on any atom is -0.340 e. The molecule has 1 fully saturated rings. The highest BCUT2D eigenvalue weighted by molar-refractivity contribution is 5.86. The van der Waals surface area contributed by atoms with Gasteiger partial charge in [-0.3, -0.25) is 18.9 Å². The van der Waals surface area contributed by atoms with E-state index in [4.69, 9.17) is 4.98 Å². The van der Waals surface area contributed by atoms with E-state index in [1.807, 2.05) is 22.8 Å². The number of hydrogen-bond acceptors (Lipinski definition) is 5. The van der Waals surface area contributed by atoms with Gasteiger partial charge in [-0.05, 0) is 22.9 Å². The number of fused-ring (bicyclic) bond motifs is 2. The average molecular weight is 419 g/mol. The van der Waals surface area contributed by atoms with Gasteiger partial charge in [-0.15, -0.1) is 0 Å². The summed E-state index contributed by atoms with van der Waals surface area (Å²) in [4.78, 5) is 36.9. The largest absolute Gasteiger partial charge is 0.340 e. The molecule has 2 aromatic heterocycles. The molecule has 1 N–H and O–H groups in total. The van der Waals surface area contributed by atoms with Gasteiger partial charge in [0.25, 0.3) is 5.56 Å².